The van der Waals surface area contributed by atoms with E-state index in [-0.39, 0.29) is 17.9 Å². The molecule has 0 spiro atoms. The topological polar surface area (TPSA) is 67.9 Å². The standard InChI is InChI=1S/C28H40N2O4/c1-7-21(5)29-28(32)22(6)30(19-24-12-10-20(4)11-13-24)27(31)17-15-23-14-16-25(33-8-2)26(18-23)34-9-3/h10-14,16,18,21-22H,7-9,15,17,19H2,1-6H3,(H,29,32)/t21-,22+/m1/s1. The lowest BCUT2D eigenvalue weighted by atomic mass is 10.1. The second-order valence-electron chi connectivity index (χ2n) is 8.65. The highest BCUT2D eigenvalue weighted by molar-refractivity contribution is 5.87. The Kier molecular flexibility index (Phi) is 10.9. The van der Waals surface area contributed by atoms with E-state index in [0.29, 0.717) is 44.1 Å². The molecule has 186 valence electrons. The Hall–Kier alpha value is -3.02. The van der Waals surface area contributed by atoms with E-state index in [2.05, 4.69) is 5.32 Å². The van der Waals surface area contributed by atoms with Gasteiger partial charge in [-0.05, 0) is 70.7 Å². The lowest BCUT2D eigenvalue weighted by Gasteiger charge is -2.30. The van der Waals surface area contributed by atoms with Crippen molar-refractivity contribution in [1.29, 1.82) is 0 Å². The van der Waals surface area contributed by atoms with Crippen LogP contribution >= 0.6 is 0 Å². The number of benzene rings is 2. The molecule has 34 heavy (non-hydrogen) atoms. The van der Waals surface area contributed by atoms with Crippen LogP contribution in [0, 0.1) is 6.92 Å². The van der Waals surface area contributed by atoms with E-state index < -0.39 is 6.04 Å². The molecule has 0 unspecified atom stereocenters. The van der Waals surface area contributed by atoms with Crippen LogP contribution in [0.15, 0.2) is 42.5 Å². The summed E-state index contributed by atoms with van der Waals surface area (Å²) < 4.78 is 11.4. The first-order valence-corrected chi connectivity index (χ1v) is 12.3. The van der Waals surface area contributed by atoms with Gasteiger partial charge >= 0.3 is 0 Å². The highest BCUT2D eigenvalue weighted by atomic mass is 16.5. The predicted octanol–water partition coefficient (Wildman–Crippen LogP) is 5.06. The number of carbonyl (C=O) groups is 2. The van der Waals surface area contributed by atoms with E-state index in [4.69, 9.17) is 9.47 Å². The highest BCUT2D eigenvalue weighted by Gasteiger charge is 2.26. The van der Waals surface area contributed by atoms with E-state index in [1.54, 1.807) is 11.8 Å². The molecular formula is C28H40N2O4. The Morgan fingerprint density at radius 1 is 0.912 bits per heavy atom. The zero-order valence-electron chi connectivity index (χ0n) is 21.5. The molecule has 2 aromatic carbocycles. The number of ether oxygens (including phenoxy) is 2. The van der Waals surface area contributed by atoms with Gasteiger partial charge in [0.25, 0.3) is 0 Å². The molecule has 0 saturated carbocycles. The maximum Gasteiger partial charge on any atom is 0.242 e. The quantitative estimate of drug-likeness (QED) is 0.446. The fourth-order valence-corrected chi connectivity index (χ4v) is 3.58. The van der Waals surface area contributed by atoms with Crippen LogP contribution in [0.4, 0.5) is 0 Å². The molecule has 1 N–H and O–H groups in total. The Morgan fingerprint density at radius 3 is 2.15 bits per heavy atom. The minimum atomic E-state index is -0.567. The summed E-state index contributed by atoms with van der Waals surface area (Å²) >= 11 is 0. The zero-order valence-corrected chi connectivity index (χ0v) is 21.5. The number of hydrogen-bond acceptors (Lipinski definition) is 4. The van der Waals surface area contributed by atoms with Gasteiger partial charge in [-0.25, -0.2) is 0 Å². The van der Waals surface area contributed by atoms with Gasteiger partial charge in [0, 0.05) is 19.0 Å². The average molecular weight is 469 g/mol. The molecule has 0 aliphatic heterocycles. The molecule has 6 heteroatoms. The number of nitrogens with zero attached hydrogens (tertiary/aromatic N) is 1. The highest BCUT2D eigenvalue weighted by Crippen LogP contribution is 2.29. The van der Waals surface area contributed by atoms with Crippen LogP contribution in [0.5, 0.6) is 11.5 Å². The Balaban J connectivity index is 2.17. The minimum absolute atomic E-state index is 0.0563. The summed E-state index contributed by atoms with van der Waals surface area (Å²) in [5, 5.41) is 3.01. The first-order valence-electron chi connectivity index (χ1n) is 12.3. The molecule has 6 nitrogen and oxygen atoms in total. The molecule has 0 aromatic heterocycles. The molecule has 0 saturated heterocycles. The van der Waals surface area contributed by atoms with Crippen molar-refractivity contribution < 1.29 is 19.1 Å². The predicted molar refractivity (Wildman–Crippen MR) is 136 cm³/mol. The van der Waals surface area contributed by atoms with Gasteiger partial charge in [-0.15, -0.1) is 0 Å². The zero-order chi connectivity index (χ0) is 25.1. The molecule has 0 radical (unpaired) electrons. The Bertz CT molecular complexity index is 927. The van der Waals surface area contributed by atoms with Gasteiger partial charge in [0.15, 0.2) is 11.5 Å². The molecular weight excluding hydrogens is 428 g/mol. The van der Waals surface area contributed by atoms with Crippen molar-refractivity contribution in [2.45, 2.75) is 79.4 Å². The first-order chi connectivity index (χ1) is 16.3. The summed E-state index contributed by atoms with van der Waals surface area (Å²) in [4.78, 5) is 27.9. The van der Waals surface area contributed by atoms with Crippen LogP contribution in [-0.2, 0) is 22.6 Å². The fraction of sp³-hybridized carbons (Fsp3) is 0.500. The molecule has 0 aliphatic rings. The van der Waals surface area contributed by atoms with Crippen LogP contribution in [0.1, 0.15) is 64.2 Å². The van der Waals surface area contributed by atoms with E-state index in [0.717, 1.165) is 23.1 Å². The number of aryl methyl sites for hydroxylation is 2. The number of rotatable bonds is 13. The van der Waals surface area contributed by atoms with Crippen molar-refractivity contribution in [3.63, 3.8) is 0 Å². The fourth-order valence-electron chi connectivity index (χ4n) is 3.58. The lowest BCUT2D eigenvalue weighted by molar-refractivity contribution is -0.140. The second-order valence-corrected chi connectivity index (χ2v) is 8.65. The van der Waals surface area contributed by atoms with Gasteiger partial charge in [0.05, 0.1) is 13.2 Å². The Labute approximate surface area is 204 Å². The van der Waals surface area contributed by atoms with Crippen LogP contribution < -0.4 is 14.8 Å². The maximum atomic E-state index is 13.4. The normalized spacial score (nSPS) is 12.5. The summed E-state index contributed by atoms with van der Waals surface area (Å²) in [5.74, 6) is 1.21. The van der Waals surface area contributed by atoms with E-state index in [1.165, 1.54) is 0 Å². The number of carbonyl (C=O) groups excluding carboxylic acids is 2. The molecule has 2 aromatic rings. The molecule has 2 amide bonds. The van der Waals surface area contributed by atoms with E-state index >= 15 is 0 Å². The summed E-state index contributed by atoms with van der Waals surface area (Å²) in [6, 6.07) is 13.4. The van der Waals surface area contributed by atoms with Crippen LogP contribution in [0.2, 0.25) is 0 Å². The smallest absolute Gasteiger partial charge is 0.242 e. The SMILES string of the molecule is CCOc1ccc(CCC(=O)N(Cc2ccc(C)cc2)[C@@H](C)C(=O)N[C@H](C)CC)cc1OCC. The van der Waals surface area contributed by atoms with Crippen molar-refractivity contribution in [2.75, 3.05) is 13.2 Å². The summed E-state index contributed by atoms with van der Waals surface area (Å²) in [7, 11) is 0. The second kappa shape index (κ2) is 13.6. The van der Waals surface area contributed by atoms with Gasteiger partial charge < -0.3 is 19.7 Å². The third-order valence-electron chi connectivity index (χ3n) is 5.88. The van der Waals surface area contributed by atoms with E-state index in [1.807, 2.05) is 77.1 Å². The van der Waals surface area contributed by atoms with Gasteiger partial charge in [-0.1, -0.05) is 42.8 Å². The van der Waals surface area contributed by atoms with Gasteiger partial charge in [-0.3, -0.25) is 9.59 Å². The van der Waals surface area contributed by atoms with Gasteiger partial charge in [0.1, 0.15) is 6.04 Å². The van der Waals surface area contributed by atoms with Crippen LogP contribution in [0.25, 0.3) is 0 Å². The summed E-state index contributed by atoms with van der Waals surface area (Å²) in [5.41, 5.74) is 3.15. The number of hydrogen-bond donors (Lipinski definition) is 1. The number of nitrogens with one attached hydrogen (secondary N) is 1. The lowest BCUT2D eigenvalue weighted by Crippen LogP contribution is -2.49. The molecule has 0 bridgehead atoms. The van der Waals surface area contributed by atoms with Gasteiger partial charge in [-0.2, -0.15) is 0 Å². The third kappa shape index (κ3) is 8.08. The van der Waals surface area contributed by atoms with E-state index in [9.17, 15) is 9.59 Å². The first kappa shape index (κ1) is 27.2. The minimum Gasteiger partial charge on any atom is -0.490 e. The summed E-state index contributed by atoms with van der Waals surface area (Å²) in [6.07, 6.45) is 1.69. The monoisotopic (exact) mass is 468 g/mol. The molecule has 0 heterocycles. The number of amides is 2. The van der Waals surface area contributed by atoms with Crippen molar-refractivity contribution in [1.82, 2.24) is 10.2 Å². The maximum absolute atomic E-state index is 13.4. The van der Waals surface area contributed by atoms with Crippen molar-refractivity contribution in [3.8, 4) is 11.5 Å². The molecule has 2 atom stereocenters. The average Bonchev–Trinajstić information content (AvgIpc) is 2.83. The van der Waals surface area contributed by atoms with Crippen LogP contribution in [-0.4, -0.2) is 42.0 Å². The molecule has 0 aliphatic carbocycles. The molecule has 0 fully saturated rings. The summed E-state index contributed by atoms with van der Waals surface area (Å²) in [6.45, 7) is 13.2. The third-order valence-corrected chi connectivity index (χ3v) is 5.88. The Morgan fingerprint density at radius 2 is 1.53 bits per heavy atom. The van der Waals surface area contributed by atoms with Crippen LogP contribution in [0.3, 0.4) is 0 Å². The van der Waals surface area contributed by atoms with Crippen molar-refractivity contribution >= 4 is 11.8 Å². The molecule has 2 rings (SSSR count). The van der Waals surface area contributed by atoms with Crippen molar-refractivity contribution in [2.24, 2.45) is 0 Å². The van der Waals surface area contributed by atoms with Crippen molar-refractivity contribution in [3.05, 3.63) is 59.2 Å². The largest absolute Gasteiger partial charge is 0.490 e. The van der Waals surface area contributed by atoms with Gasteiger partial charge in [0.2, 0.25) is 11.8 Å².